The monoisotopic (exact) mass is 285 g/mol. The molecule has 1 aromatic rings. The van der Waals surface area contributed by atoms with Crippen LogP contribution >= 0.6 is 0 Å². The van der Waals surface area contributed by atoms with Crippen molar-refractivity contribution in [3.63, 3.8) is 0 Å². The number of nitrogen functional groups attached to an aromatic ring is 1. The van der Waals surface area contributed by atoms with Crippen LogP contribution in [0, 0.1) is 0 Å². The third-order valence-corrected chi connectivity index (χ3v) is 2.41. The minimum absolute atomic E-state index is 0.146. The molecule has 1 aliphatic rings. The Morgan fingerprint density at radius 1 is 1.25 bits per heavy atom. The van der Waals surface area contributed by atoms with Gasteiger partial charge in [-0.05, 0) is 12.1 Å². The van der Waals surface area contributed by atoms with E-state index in [2.05, 4.69) is 4.74 Å². The fraction of sp³-hybridized carbons (Fsp3) is 0.250. The largest absolute Gasteiger partial charge is 0.506 e. The molecule has 0 spiro atoms. The van der Waals surface area contributed by atoms with E-state index in [1.807, 2.05) is 0 Å². The summed E-state index contributed by atoms with van der Waals surface area (Å²) in [5.41, 5.74) is 5.69. The van der Waals surface area contributed by atoms with Crippen molar-refractivity contribution in [1.82, 2.24) is 0 Å². The zero-order chi connectivity index (χ0) is 15.3. The van der Waals surface area contributed by atoms with Crippen molar-refractivity contribution in [3.8, 4) is 5.75 Å². The number of aromatic hydroxyl groups is 1. The summed E-state index contributed by atoms with van der Waals surface area (Å²) in [7, 11) is 0. The van der Waals surface area contributed by atoms with Crippen molar-refractivity contribution in [2.75, 3.05) is 12.3 Å². The van der Waals surface area contributed by atoms with Gasteiger partial charge in [0, 0.05) is 0 Å². The SMILES string of the molecule is Nc1ccccc1O.O=C1O[C@H]([C@@H](O)CO)C(O)=C1O. The number of para-hydroxylation sites is 2. The van der Waals surface area contributed by atoms with Crippen LogP contribution in [0.4, 0.5) is 5.69 Å². The highest BCUT2D eigenvalue weighted by atomic mass is 16.6. The van der Waals surface area contributed by atoms with Gasteiger partial charge in [0.2, 0.25) is 5.76 Å². The number of aliphatic hydroxyl groups is 4. The van der Waals surface area contributed by atoms with Gasteiger partial charge in [-0.25, -0.2) is 4.79 Å². The summed E-state index contributed by atoms with van der Waals surface area (Å²) in [5.74, 6) is -2.63. The summed E-state index contributed by atoms with van der Waals surface area (Å²) >= 11 is 0. The van der Waals surface area contributed by atoms with E-state index in [0.29, 0.717) is 5.69 Å². The Labute approximate surface area is 114 Å². The van der Waals surface area contributed by atoms with Crippen molar-refractivity contribution >= 4 is 11.7 Å². The number of carbonyl (C=O) groups excluding carboxylic acids is 1. The van der Waals surface area contributed by atoms with E-state index < -0.39 is 36.3 Å². The number of aliphatic hydroxyl groups excluding tert-OH is 4. The number of cyclic esters (lactones) is 1. The standard InChI is InChI=1S/C6H7NO.C6H8O6/c7-5-3-1-2-4-6(5)8;7-1-2(8)5-3(9)4(10)6(11)12-5/h1-4,8H,7H2;2,5,7-10H,1H2/t;2-,5+/m.0/s1. The van der Waals surface area contributed by atoms with Gasteiger partial charge in [-0.15, -0.1) is 0 Å². The van der Waals surface area contributed by atoms with Crippen molar-refractivity contribution in [1.29, 1.82) is 0 Å². The fourth-order valence-corrected chi connectivity index (χ4v) is 1.31. The van der Waals surface area contributed by atoms with Gasteiger partial charge in [-0.1, -0.05) is 12.1 Å². The van der Waals surface area contributed by atoms with E-state index in [0.717, 1.165) is 0 Å². The van der Waals surface area contributed by atoms with Crippen LogP contribution in [0.1, 0.15) is 0 Å². The molecule has 0 aliphatic carbocycles. The Morgan fingerprint density at radius 2 is 1.85 bits per heavy atom. The van der Waals surface area contributed by atoms with Crippen molar-refractivity contribution in [2.45, 2.75) is 12.2 Å². The maximum absolute atomic E-state index is 10.5. The second kappa shape index (κ2) is 6.64. The molecule has 1 aromatic carbocycles. The Balaban J connectivity index is 0.000000217. The summed E-state index contributed by atoms with van der Waals surface area (Å²) in [5, 5.41) is 43.8. The molecule has 2 rings (SSSR count). The minimum Gasteiger partial charge on any atom is -0.506 e. The van der Waals surface area contributed by atoms with Crippen molar-refractivity contribution < 1.29 is 35.1 Å². The second-order valence-corrected chi connectivity index (χ2v) is 3.87. The van der Waals surface area contributed by atoms with E-state index >= 15 is 0 Å². The quantitative estimate of drug-likeness (QED) is 0.243. The lowest BCUT2D eigenvalue weighted by Gasteiger charge is -2.13. The molecule has 0 aromatic heterocycles. The Kier molecular flexibility index (Phi) is 5.18. The number of carbonyl (C=O) groups is 1. The number of phenolic OH excluding ortho intramolecular Hbond substituents is 1. The molecule has 0 saturated heterocycles. The topological polar surface area (TPSA) is 153 Å². The number of rotatable bonds is 2. The molecule has 2 atom stereocenters. The highest BCUT2D eigenvalue weighted by Gasteiger charge is 2.38. The molecule has 8 heteroatoms. The van der Waals surface area contributed by atoms with Gasteiger partial charge in [0.25, 0.3) is 0 Å². The van der Waals surface area contributed by atoms with Gasteiger partial charge in [0.1, 0.15) is 11.9 Å². The third-order valence-electron chi connectivity index (χ3n) is 2.41. The Hall–Kier alpha value is -2.45. The van der Waals surface area contributed by atoms with Crippen LogP contribution in [0.2, 0.25) is 0 Å². The summed E-state index contributed by atoms with van der Waals surface area (Å²) in [4.78, 5) is 10.5. The van der Waals surface area contributed by atoms with E-state index in [9.17, 15) is 4.79 Å². The lowest BCUT2D eigenvalue weighted by molar-refractivity contribution is -0.147. The Bertz CT molecular complexity index is 493. The van der Waals surface area contributed by atoms with Crippen LogP contribution in [0.3, 0.4) is 0 Å². The average molecular weight is 285 g/mol. The molecule has 0 fully saturated rings. The lowest BCUT2D eigenvalue weighted by Crippen LogP contribution is -2.31. The van der Waals surface area contributed by atoms with Crippen LogP contribution < -0.4 is 5.73 Å². The van der Waals surface area contributed by atoms with Crippen LogP contribution in [0.15, 0.2) is 35.8 Å². The molecule has 0 saturated carbocycles. The number of esters is 1. The maximum Gasteiger partial charge on any atom is 0.377 e. The molecular formula is C12H15NO7. The number of hydrogen-bond acceptors (Lipinski definition) is 8. The minimum atomic E-state index is -1.42. The smallest absolute Gasteiger partial charge is 0.377 e. The molecule has 1 aliphatic heterocycles. The summed E-state index contributed by atoms with van der Waals surface area (Å²) in [6.07, 6.45) is -2.78. The number of nitrogens with two attached hydrogens (primary N) is 1. The molecular weight excluding hydrogens is 270 g/mol. The number of hydrogen-bond donors (Lipinski definition) is 6. The molecule has 7 N–H and O–H groups in total. The van der Waals surface area contributed by atoms with Crippen LogP contribution in [0.25, 0.3) is 0 Å². The first-order valence-corrected chi connectivity index (χ1v) is 5.54. The molecule has 8 nitrogen and oxygen atoms in total. The Morgan fingerprint density at radius 3 is 2.20 bits per heavy atom. The predicted molar refractivity (Wildman–Crippen MR) is 67.8 cm³/mol. The van der Waals surface area contributed by atoms with Gasteiger partial charge in [-0.3, -0.25) is 0 Å². The zero-order valence-corrected chi connectivity index (χ0v) is 10.3. The van der Waals surface area contributed by atoms with E-state index in [4.69, 9.17) is 31.3 Å². The van der Waals surface area contributed by atoms with Crippen LogP contribution in [-0.2, 0) is 9.53 Å². The maximum atomic E-state index is 10.5. The lowest BCUT2D eigenvalue weighted by atomic mass is 10.2. The van der Waals surface area contributed by atoms with E-state index in [1.54, 1.807) is 24.3 Å². The van der Waals surface area contributed by atoms with Crippen molar-refractivity contribution in [2.24, 2.45) is 0 Å². The molecule has 110 valence electrons. The van der Waals surface area contributed by atoms with E-state index in [1.165, 1.54) is 0 Å². The number of benzene rings is 1. The molecule has 0 radical (unpaired) electrons. The number of phenols is 1. The first-order chi connectivity index (χ1) is 9.38. The molecule has 20 heavy (non-hydrogen) atoms. The van der Waals surface area contributed by atoms with Gasteiger partial charge in [0.15, 0.2) is 11.9 Å². The average Bonchev–Trinajstić information content (AvgIpc) is 2.70. The first-order valence-electron chi connectivity index (χ1n) is 5.54. The summed E-state index contributed by atoms with van der Waals surface area (Å²) < 4.78 is 4.32. The van der Waals surface area contributed by atoms with Gasteiger partial charge in [0.05, 0.1) is 12.3 Å². The predicted octanol–water partition coefficient (Wildman–Crippen LogP) is -0.433. The van der Waals surface area contributed by atoms with Crippen molar-refractivity contribution in [3.05, 3.63) is 35.8 Å². The fourth-order valence-electron chi connectivity index (χ4n) is 1.31. The highest BCUT2D eigenvalue weighted by Crippen LogP contribution is 2.20. The molecule has 0 bridgehead atoms. The summed E-state index contributed by atoms with van der Waals surface area (Å²) in [6.45, 7) is -0.671. The normalized spacial score (nSPS) is 19.1. The highest BCUT2D eigenvalue weighted by molar-refractivity contribution is 5.89. The van der Waals surface area contributed by atoms with Crippen LogP contribution in [-0.4, -0.2) is 50.3 Å². The molecule has 1 heterocycles. The molecule has 0 amide bonds. The van der Waals surface area contributed by atoms with Gasteiger partial charge < -0.3 is 36.0 Å². The third kappa shape index (κ3) is 3.53. The first kappa shape index (κ1) is 15.6. The van der Waals surface area contributed by atoms with Crippen LogP contribution in [0.5, 0.6) is 5.75 Å². The number of anilines is 1. The molecule has 0 unspecified atom stereocenters. The summed E-state index contributed by atoms with van der Waals surface area (Å²) in [6, 6.07) is 6.70. The van der Waals surface area contributed by atoms with Gasteiger partial charge in [-0.2, -0.15) is 0 Å². The van der Waals surface area contributed by atoms with E-state index in [-0.39, 0.29) is 5.75 Å². The number of ether oxygens (including phenoxy) is 1. The second-order valence-electron chi connectivity index (χ2n) is 3.87. The zero-order valence-electron chi connectivity index (χ0n) is 10.3. The van der Waals surface area contributed by atoms with Gasteiger partial charge >= 0.3 is 5.97 Å².